The second-order valence-electron chi connectivity index (χ2n) is 5.93. The normalized spacial score (nSPS) is 33.6. The van der Waals surface area contributed by atoms with Crippen LogP contribution < -0.4 is 5.32 Å². The van der Waals surface area contributed by atoms with Crippen LogP contribution in [0.3, 0.4) is 0 Å². The highest BCUT2D eigenvalue weighted by Crippen LogP contribution is 2.25. The molecule has 2 aliphatic rings. The van der Waals surface area contributed by atoms with Gasteiger partial charge in [0.1, 0.15) is 0 Å². The van der Waals surface area contributed by atoms with E-state index in [9.17, 15) is 0 Å². The van der Waals surface area contributed by atoms with Gasteiger partial charge in [-0.05, 0) is 52.6 Å². The summed E-state index contributed by atoms with van der Waals surface area (Å²) in [5.74, 6) is 1.20. The van der Waals surface area contributed by atoms with E-state index in [0.717, 1.165) is 11.7 Å². The molecule has 0 saturated carbocycles. The van der Waals surface area contributed by atoms with Crippen LogP contribution in [0.15, 0.2) is 4.99 Å². The predicted molar refractivity (Wildman–Crippen MR) is 81.5 cm³/mol. The maximum absolute atomic E-state index is 4.87. The first-order valence-corrected chi connectivity index (χ1v) is 8.31. The van der Waals surface area contributed by atoms with E-state index in [2.05, 4.69) is 31.0 Å². The summed E-state index contributed by atoms with van der Waals surface area (Å²) in [6, 6.07) is 0.414. The molecule has 2 atom stereocenters. The minimum absolute atomic E-state index is 0.261. The van der Waals surface area contributed by atoms with Crippen molar-refractivity contribution in [3.63, 3.8) is 0 Å². The molecule has 0 bridgehead atoms. The van der Waals surface area contributed by atoms with E-state index in [4.69, 9.17) is 4.99 Å². The van der Waals surface area contributed by atoms with Gasteiger partial charge in [-0.25, -0.2) is 0 Å². The van der Waals surface area contributed by atoms with Crippen molar-refractivity contribution < 1.29 is 0 Å². The molecule has 0 amide bonds. The highest BCUT2D eigenvalue weighted by atomic mass is 32.2. The van der Waals surface area contributed by atoms with E-state index in [-0.39, 0.29) is 5.54 Å². The quantitative estimate of drug-likeness (QED) is 0.850. The summed E-state index contributed by atoms with van der Waals surface area (Å²) in [4.78, 5) is 7.41. The van der Waals surface area contributed by atoms with E-state index < -0.39 is 0 Å². The Morgan fingerprint density at radius 2 is 2.17 bits per heavy atom. The van der Waals surface area contributed by atoms with Crippen LogP contribution in [-0.4, -0.2) is 47.0 Å². The minimum Gasteiger partial charge on any atom is -0.360 e. The molecule has 0 aromatic carbocycles. The molecule has 2 unspecified atom stereocenters. The van der Waals surface area contributed by atoms with Crippen LogP contribution >= 0.6 is 11.8 Å². The van der Waals surface area contributed by atoms with Gasteiger partial charge >= 0.3 is 0 Å². The molecule has 4 heteroatoms. The average molecular weight is 269 g/mol. The number of rotatable bonds is 4. The fourth-order valence-electron chi connectivity index (χ4n) is 2.64. The first kappa shape index (κ1) is 14.2. The molecule has 0 spiro atoms. The van der Waals surface area contributed by atoms with Gasteiger partial charge in [0.25, 0.3) is 0 Å². The number of nitrogens with zero attached hydrogens (tertiary/aromatic N) is 2. The summed E-state index contributed by atoms with van der Waals surface area (Å²) >= 11 is 1.89. The first-order chi connectivity index (χ1) is 8.61. The third kappa shape index (κ3) is 3.89. The zero-order valence-electron chi connectivity index (χ0n) is 12.0. The second-order valence-corrected chi connectivity index (χ2v) is 7.01. The number of thioether (sulfide) groups is 1. The Morgan fingerprint density at radius 1 is 1.44 bits per heavy atom. The molecular formula is C14H27N3S. The molecule has 0 radical (unpaired) electrons. The topological polar surface area (TPSA) is 27.6 Å². The smallest absolute Gasteiger partial charge is 0.157 e. The van der Waals surface area contributed by atoms with Gasteiger partial charge in [0, 0.05) is 17.8 Å². The fourth-order valence-corrected chi connectivity index (χ4v) is 3.96. The minimum atomic E-state index is 0.261. The molecule has 2 saturated heterocycles. The number of aliphatic imine (C=N–C) groups is 1. The molecule has 2 aliphatic heterocycles. The van der Waals surface area contributed by atoms with Crippen LogP contribution in [0.2, 0.25) is 0 Å². The van der Waals surface area contributed by atoms with Crippen molar-refractivity contribution in [2.75, 3.05) is 25.4 Å². The molecule has 0 aliphatic carbocycles. The maximum atomic E-state index is 4.87. The lowest BCUT2D eigenvalue weighted by Crippen LogP contribution is -2.48. The Kier molecular flexibility index (Phi) is 4.96. The molecule has 0 aromatic heterocycles. The lowest BCUT2D eigenvalue weighted by molar-refractivity contribution is 0.320. The van der Waals surface area contributed by atoms with Gasteiger partial charge in [-0.15, -0.1) is 0 Å². The molecule has 18 heavy (non-hydrogen) atoms. The molecular weight excluding hydrogens is 242 g/mol. The molecule has 104 valence electrons. The molecule has 1 N–H and O–H groups in total. The zero-order valence-corrected chi connectivity index (χ0v) is 12.9. The van der Waals surface area contributed by atoms with Crippen molar-refractivity contribution in [3.05, 3.63) is 0 Å². The summed E-state index contributed by atoms with van der Waals surface area (Å²) in [5, 5.41) is 4.79. The molecule has 2 fully saturated rings. The van der Waals surface area contributed by atoms with E-state index >= 15 is 0 Å². The van der Waals surface area contributed by atoms with E-state index in [0.29, 0.717) is 6.04 Å². The van der Waals surface area contributed by atoms with E-state index in [1.165, 1.54) is 44.5 Å². The van der Waals surface area contributed by atoms with Gasteiger partial charge < -0.3 is 10.2 Å². The van der Waals surface area contributed by atoms with Gasteiger partial charge in [-0.2, -0.15) is 0 Å². The third-order valence-corrected chi connectivity index (χ3v) is 5.03. The first-order valence-electron chi connectivity index (χ1n) is 7.32. The summed E-state index contributed by atoms with van der Waals surface area (Å²) in [7, 11) is 0. The number of amidine groups is 1. The van der Waals surface area contributed by atoms with Gasteiger partial charge in [0.15, 0.2) is 5.17 Å². The largest absolute Gasteiger partial charge is 0.360 e. The Labute approximate surface area is 116 Å². The van der Waals surface area contributed by atoms with Crippen molar-refractivity contribution in [1.29, 1.82) is 0 Å². The van der Waals surface area contributed by atoms with E-state index in [1.54, 1.807) is 0 Å². The fraction of sp³-hybridized carbons (Fsp3) is 0.929. The predicted octanol–water partition coefficient (Wildman–Crippen LogP) is 2.72. The maximum Gasteiger partial charge on any atom is 0.157 e. The lowest BCUT2D eigenvalue weighted by atomic mass is 9.96. The standard InChI is InChI=1S/C14H27N3S/c1-4-14(3)7-10-18-13(16-14)15-12(2)11-17-8-5-6-9-17/h12H,4-11H2,1-3H3,(H,15,16). The second kappa shape index (κ2) is 6.29. The molecule has 2 rings (SSSR count). The molecule has 0 aromatic rings. The highest BCUT2D eigenvalue weighted by molar-refractivity contribution is 8.13. The SMILES string of the molecule is CCC1(C)CCSC(=NC(C)CN2CCCC2)N1. The Hall–Kier alpha value is -0.220. The van der Waals surface area contributed by atoms with E-state index in [1.807, 2.05) is 11.8 Å². The van der Waals surface area contributed by atoms with Gasteiger partial charge in [-0.3, -0.25) is 4.99 Å². The van der Waals surface area contributed by atoms with Crippen LogP contribution in [-0.2, 0) is 0 Å². The summed E-state index contributed by atoms with van der Waals surface area (Å²) in [6.45, 7) is 10.5. The third-order valence-electron chi connectivity index (χ3n) is 4.14. The summed E-state index contributed by atoms with van der Waals surface area (Å²) < 4.78 is 0. The number of likely N-dealkylation sites (tertiary alicyclic amines) is 1. The highest BCUT2D eigenvalue weighted by Gasteiger charge is 2.27. The van der Waals surface area contributed by atoms with Gasteiger partial charge in [-0.1, -0.05) is 18.7 Å². The van der Waals surface area contributed by atoms with Crippen molar-refractivity contribution >= 4 is 16.9 Å². The summed E-state index contributed by atoms with van der Waals surface area (Å²) in [5.41, 5.74) is 0.261. The Morgan fingerprint density at radius 3 is 2.83 bits per heavy atom. The average Bonchev–Trinajstić information content (AvgIpc) is 2.81. The number of hydrogen-bond acceptors (Lipinski definition) is 3. The number of hydrogen-bond donors (Lipinski definition) is 1. The summed E-state index contributed by atoms with van der Waals surface area (Å²) in [6.07, 6.45) is 5.15. The van der Waals surface area contributed by atoms with Crippen LogP contribution in [0.5, 0.6) is 0 Å². The Bertz CT molecular complexity index is 299. The van der Waals surface area contributed by atoms with Crippen molar-refractivity contribution in [3.8, 4) is 0 Å². The van der Waals surface area contributed by atoms with Gasteiger partial charge in [0.2, 0.25) is 0 Å². The van der Waals surface area contributed by atoms with Crippen molar-refractivity contribution in [1.82, 2.24) is 10.2 Å². The van der Waals surface area contributed by atoms with Crippen LogP contribution in [0.1, 0.15) is 46.5 Å². The zero-order chi connectivity index (χ0) is 13.0. The lowest BCUT2D eigenvalue weighted by Gasteiger charge is -2.35. The van der Waals surface area contributed by atoms with Crippen LogP contribution in [0, 0.1) is 0 Å². The number of nitrogens with one attached hydrogen (secondary N) is 1. The van der Waals surface area contributed by atoms with Gasteiger partial charge in [0.05, 0.1) is 6.04 Å². The van der Waals surface area contributed by atoms with Crippen molar-refractivity contribution in [2.24, 2.45) is 4.99 Å². The van der Waals surface area contributed by atoms with Crippen LogP contribution in [0.25, 0.3) is 0 Å². The molecule has 3 nitrogen and oxygen atoms in total. The van der Waals surface area contributed by atoms with Crippen LogP contribution in [0.4, 0.5) is 0 Å². The molecule has 2 heterocycles. The van der Waals surface area contributed by atoms with Crippen molar-refractivity contribution in [2.45, 2.75) is 58.0 Å². The monoisotopic (exact) mass is 269 g/mol. The Balaban J connectivity index is 1.86.